The van der Waals surface area contributed by atoms with Gasteiger partial charge < -0.3 is 4.74 Å². The van der Waals surface area contributed by atoms with Gasteiger partial charge in [0.1, 0.15) is 12.3 Å². The van der Waals surface area contributed by atoms with E-state index >= 15 is 0 Å². The number of hydrogen-bond acceptors (Lipinski definition) is 3. The molecule has 0 heterocycles. The van der Waals surface area contributed by atoms with Gasteiger partial charge in [-0.2, -0.15) is 0 Å². The van der Waals surface area contributed by atoms with Crippen LogP contribution in [0.1, 0.15) is 51.4 Å². The average molecular weight is 259 g/mol. The quantitative estimate of drug-likeness (QED) is 0.575. The Hall–Kier alpha value is -0.710. The van der Waals surface area contributed by atoms with E-state index in [1.807, 2.05) is 0 Å². The first-order valence-corrected chi connectivity index (χ1v) is 7.06. The van der Waals surface area contributed by atoms with E-state index in [-0.39, 0.29) is 11.3 Å². The standard InChI is InChI=1S/C13H22FNO3/c14-11-6-7-12(15(16)17)13(8-11)18-9-10-4-2-1-3-5-10/h10-13H,1-9H2. The van der Waals surface area contributed by atoms with Crippen LogP contribution >= 0.6 is 0 Å². The monoisotopic (exact) mass is 259 g/mol. The smallest absolute Gasteiger partial charge is 0.239 e. The summed E-state index contributed by atoms with van der Waals surface area (Å²) in [6.45, 7) is 0.571. The maximum atomic E-state index is 13.3. The van der Waals surface area contributed by atoms with Crippen LogP contribution in [-0.2, 0) is 4.74 Å². The summed E-state index contributed by atoms with van der Waals surface area (Å²) < 4.78 is 19.0. The van der Waals surface area contributed by atoms with Crippen molar-refractivity contribution in [1.82, 2.24) is 0 Å². The zero-order chi connectivity index (χ0) is 13.0. The van der Waals surface area contributed by atoms with Crippen LogP contribution in [0.3, 0.4) is 0 Å². The van der Waals surface area contributed by atoms with Crippen molar-refractivity contribution in [2.45, 2.75) is 69.7 Å². The highest BCUT2D eigenvalue weighted by atomic mass is 19.1. The molecule has 0 aromatic rings. The van der Waals surface area contributed by atoms with Crippen LogP contribution in [0.2, 0.25) is 0 Å². The van der Waals surface area contributed by atoms with Gasteiger partial charge in [0.2, 0.25) is 6.04 Å². The summed E-state index contributed by atoms with van der Waals surface area (Å²) in [5.41, 5.74) is 0. The van der Waals surface area contributed by atoms with Gasteiger partial charge in [0.15, 0.2) is 0 Å². The third-order valence-corrected chi connectivity index (χ3v) is 4.23. The summed E-state index contributed by atoms with van der Waals surface area (Å²) in [6.07, 6.45) is 5.37. The average Bonchev–Trinajstić information content (AvgIpc) is 2.37. The fourth-order valence-corrected chi connectivity index (χ4v) is 3.10. The Morgan fingerprint density at radius 3 is 2.56 bits per heavy atom. The maximum Gasteiger partial charge on any atom is 0.239 e. The van der Waals surface area contributed by atoms with Crippen LogP contribution in [0.4, 0.5) is 4.39 Å². The minimum atomic E-state index is -0.933. The van der Waals surface area contributed by atoms with Gasteiger partial charge in [-0.05, 0) is 25.2 Å². The van der Waals surface area contributed by atoms with Gasteiger partial charge in [-0.3, -0.25) is 10.1 Å². The second kappa shape index (κ2) is 6.45. The number of halogens is 1. The molecule has 0 bridgehead atoms. The molecule has 18 heavy (non-hydrogen) atoms. The van der Waals surface area contributed by atoms with Crippen LogP contribution in [0.15, 0.2) is 0 Å². The number of rotatable bonds is 4. The molecule has 2 aliphatic rings. The van der Waals surface area contributed by atoms with Crippen LogP contribution < -0.4 is 0 Å². The molecule has 3 unspecified atom stereocenters. The summed E-state index contributed by atoms with van der Waals surface area (Å²) in [4.78, 5) is 10.6. The fourth-order valence-electron chi connectivity index (χ4n) is 3.10. The van der Waals surface area contributed by atoms with Crippen LogP contribution in [0, 0.1) is 16.0 Å². The van der Waals surface area contributed by atoms with Crippen molar-refractivity contribution in [3.8, 4) is 0 Å². The Balaban J connectivity index is 1.82. The minimum absolute atomic E-state index is 0.193. The van der Waals surface area contributed by atoms with E-state index in [1.54, 1.807) is 0 Å². The SMILES string of the molecule is O=[N+]([O-])C1CCC(F)CC1OCC1CCCCC1. The van der Waals surface area contributed by atoms with Crippen molar-refractivity contribution in [1.29, 1.82) is 0 Å². The first-order valence-electron chi connectivity index (χ1n) is 7.06. The zero-order valence-corrected chi connectivity index (χ0v) is 10.7. The lowest BCUT2D eigenvalue weighted by Crippen LogP contribution is -2.42. The van der Waals surface area contributed by atoms with Crippen molar-refractivity contribution < 1.29 is 14.1 Å². The summed E-state index contributed by atoms with van der Waals surface area (Å²) in [7, 11) is 0. The Kier molecular flexibility index (Phi) is 4.92. The lowest BCUT2D eigenvalue weighted by Gasteiger charge is -2.30. The number of ether oxygens (including phenoxy) is 1. The second-order valence-corrected chi connectivity index (χ2v) is 5.64. The van der Waals surface area contributed by atoms with Gasteiger partial charge in [-0.1, -0.05) is 19.3 Å². The van der Waals surface area contributed by atoms with Crippen molar-refractivity contribution in [2.75, 3.05) is 6.61 Å². The molecule has 0 aromatic carbocycles. The molecule has 0 saturated heterocycles. The highest BCUT2D eigenvalue weighted by Gasteiger charge is 2.39. The van der Waals surface area contributed by atoms with Crippen LogP contribution in [0.5, 0.6) is 0 Å². The second-order valence-electron chi connectivity index (χ2n) is 5.64. The molecular weight excluding hydrogens is 237 g/mol. The molecule has 4 nitrogen and oxygen atoms in total. The maximum absolute atomic E-state index is 13.3. The fraction of sp³-hybridized carbons (Fsp3) is 1.00. The van der Waals surface area contributed by atoms with Gasteiger partial charge in [0.05, 0.1) is 6.61 Å². The molecule has 2 saturated carbocycles. The van der Waals surface area contributed by atoms with E-state index in [0.717, 1.165) is 12.8 Å². The predicted octanol–water partition coefficient (Wildman–Crippen LogP) is 3.12. The summed E-state index contributed by atoms with van der Waals surface area (Å²) in [5.74, 6) is 0.520. The Morgan fingerprint density at radius 1 is 1.17 bits per heavy atom. The summed E-state index contributed by atoms with van der Waals surface area (Å²) in [6, 6.07) is -0.708. The van der Waals surface area contributed by atoms with Gasteiger partial charge in [-0.25, -0.2) is 4.39 Å². The normalized spacial score (nSPS) is 34.4. The highest BCUT2D eigenvalue weighted by molar-refractivity contribution is 4.81. The predicted molar refractivity (Wildman–Crippen MR) is 65.8 cm³/mol. The Morgan fingerprint density at radius 2 is 1.89 bits per heavy atom. The van der Waals surface area contributed by atoms with E-state index in [2.05, 4.69) is 0 Å². The summed E-state index contributed by atoms with van der Waals surface area (Å²) in [5, 5.41) is 10.9. The molecule has 5 heteroatoms. The van der Waals surface area contributed by atoms with Gasteiger partial charge in [0.25, 0.3) is 0 Å². The van der Waals surface area contributed by atoms with Gasteiger partial charge >= 0.3 is 0 Å². The van der Waals surface area contributed by atoms with Crippen molar-refractivity contribution in [2.24, 2.45) is 5.92 Å². The molecule has 0 aromatic heterocycles. The van der Waals surface area contributed by atoms with Crippen molar-refractivity contribution >= 4 is 0 Å². The molecule has 0 aliphatic heterocycles. The highest BCUT2D eigenvalue weighted by Crippen LogP contribution is 2.29. The number of hydrogen-bond donors (Lipinski definition) is 0. The third kappa shape index (κ3) is 3.64. The molecule has 2 fully saturated rings. The number of nitro groups is 1. The van der Waals surface area contributed by atoms with E-state index in [4.69, 9.17) is 4.74 Å². The largest absolute Gasteiger partial charge is 0.371 e. The molecule has 0 spiro atoms. The molecular formula is C13H22FNO3. The molecule has 0 radical (unpaired) electrons. The van der Waals surface area contributed by atoms with E-state index in [9.17, 15) is 14.5 Å². The number of nitrogens with zero attached hydrogens (tertiary/aromatic N) is 1. The van der Waals surface area contributed by atoms with E-state index < -0.39 is 18.3 Å². The first-order chi connectivity index (χ1) is 8.66. The molecule has 2 rings (SSSR count). The zero-order valence-electron chi connectivity index (χ0n) is 10.7. The van der Waals surface area contributed by atoms with Gasteiger partial charge in [0, 0.05) is 17.8 Å². The molecule has 2 aliphatic carbocycles. The third-order valence-electron chi connectivity index (χ3n) is 4.23. The molecule has 0 N–H and O–H groups in total. The van der Waals surface area contributed by atoms with Crippen LogP contribution in [0.25, 0.3) is 0 Å². The van der Waals surface area contributed by atoms with Crippen molar-refractivity contribution in [3.63, 3.8) is 0 Å². The minimum Gasteiger partial charge on any atom is -0.371 e. The first kappa shape index (κ1) is 13.7. The Labute approximate surface area is 107 Å². The number of alkyl halides is 1. The van der Waals surface area contributed by atoms with Gasteiger partial charge in [-0.15, -0.1) is 0 Å². The van der Waals surface area contributed by atoms with Crippen molar-refractivity contribution in [3.05, 3.63) is 10.1 Å². The van der Waals surface area contributed by atoms with E-state index in [0.29, 0.717) is 25.4 Å². The molecule has 104 valence electrons. The van der Waals surface area contributed by atoms with E-state index in [1.165, 1.54) is 19.3 Å². The molecule has 0 amide bonds. The lowest BCUT2D eigenvalue weighted by molar-refractivity contribution is -0.540. The Bertz CT molecular complexity index is 281. The molecule has 3 atom stereocenters. The summed E-state index contributed by atoms with van der Waals surface area (Å²) >= 11 is 0. The van der Waals surface area contributed by atoms with Crippen LogP contribution in [-0.4, -0.2) is 29.8 Å². The topological polar surface area (TPSA) is 52.4 Å². The lowest BCUT2D eigenvalue weighted by atomic mass is 9.89.